The third kappa shape index (κ3) is 2.98. The number of hydrogen-bond donors (Lipinski definition) is 1. The van der Waals surface area contributed by atoms with Crippen molar-refractivity contribution >= 4 is 27.4 Å². The van der Waals surface area contributed by atoms with Crippen molar-refractivity contribution in [3.63, 3.8) is 0 Å². The van der Waals surface area contributed by atoms with Gasteiger partial charge < -0.3 is 17.1 Å². The Balaban J connectivity index is 2.59. The number of hydrogen-bond acceptors (Lipinski definition) is 4. The van der Waals surface area contributed by atoms with Crippen LogP contribution in [0.2, 0.25) is 18.1 Å². The van der Waals surface area contributed by atoms with Gasteiger partial charge in [-0.05, 0) is 12.1 Å². The van der Waals surface area contributed by atoms with Crippen LogP contribution in [0.5, 0.6) is 0 Å². The normalized spacial score (nSPS) is 24.9. The first-order valence-electron chi connectivity index (χ1n) is 4.63. The molecule has 0 spiro atoms. The zero-order chi connectivity index (χ0) is 9.90. The van der Waals surface area contributed by atoms with Crippen LogP contribution < -0.4 is 0 Å². The Kier molecular flexibility index (Phi) is 4.29. The molecule has 0 aliphatic carbocycles. The molecule has 0 aromatic heterocycles. The van der Waals surface area contributed by atoms with E-state index in [2.05, 4.69) is 0 Å². The average molecular weight is 236 g/mol. The Bertz CT molecular complexity index is 156. The quantitative estimate of drug-likeness (QED) is 0.743. The summed E-state index contributed by atoms with van der Waals surface area (Å²) in [6.07, 6.45) is 0. The molecule has 1 N–H and O–H groups in total. The molecule has 0 aromatic rings. The Hall–Kier alpha value is 0.491. The van der Waals surface area contributed by atoms with Crippen LogP contribution in [0.25, 0.3) is 0 Å². The topological polar surface area (TPSA) is 47.9 Å². The van der Waals surface area contributed by atoms with Gasteiger partial charge in [-0.3, -0.25) is 0 Å². The van der Waals surface area contributed by atoms with Crippen molar-refractivity contribution in [3.05, 3.63) is 0 Å². The molecule has 0 aromatic carbocycles. The molecule has 0 saturated carbocycles. The number of rotatable bonds is 3. The molecule has 4 nitrogen and oxygen atoms in total. The third-order valence-electron chi connectivity index (χ3n) is 1.80. The summed E-state index contributed by atoms with van der Waals surface area (Å²) < 4.78 is 16.6. The highest BCUT2D eigenvalue weighted by molar-refractivity contribution is 6.79. The SMILES string of the molecule is CC[Si]1O[Si](CC)O[Si](O)(CC)O1. The minimum Gasteiger partial charge on any atom is -0.414 e. The van der Waals surface area contributed by atoms with Crippen LogP contribution in [0.15, 0.2) is 0 Å². The highest BCUT2D eigenvalue weighted by Crippen LogP contribution is 2.21. The standard InChI is InChI=1S/C6H16O4Si3/c1-4-11-8-12(5-2)10-13(7,6-3)9-11/h7H,4-6H2,1-3H3. The lowest BCUT2D eigenvalue weighted by Crippen LogP contribution is -2.57. The highest BCUT2D eigenvalue weighted by atomic mass is 28.5. The van der Waals surface area contributed by atoms with Crippen molar-refractivity contribution in [1.82, 2.24) is 0 Å². The van der Waals surface area contributed by atoms with Crippen molar-refractivity contribution in [1.29, 1.82) is 0 Å². The Labute approximate surface area is 83.9 Å². The first-order valence-corrected chi connectivity index (χ1v) is 9.65. The lowest BCUT2D eigenvalue weighted by Gasteiger charge is -2.35. The van der Waals surface area contributed by atoms with E-state index in [-0.39, 0.29) is 0 Å². The first-order chi connectivity index (χ1) is 6.13. The zero-order valence-electron chi connectivity index (χ0n) is 8.29. The molecule has 76 valence electrons. The van der Waals surface area contributed by atoms with Gasteiger partial charge in [0.2, 0.25) is 0 Å². The molecule has 13 heavy (non-hydrogen) atoms. The van der Waals surface area contributed by atoms with E-state index in [0.29, 0.717) is 6.04 Å². The Morgan fingerprint density at radius 1 is 1.08 bits per heavy atom. The van der Waals surface area contributed by atoms with Crippen LogP contribution in [0.3, 0.4) is 0 Å². The fraction of sp³-hybridized carbons (Fsp3) is 1.00. The monoisotopic (exact) mass is 236 g/mol. The average Bonchev–Trinajstić information content (AvgIpc) is 2.17. The van der Waals surface area contributed by atoms with Gasteiger partial charge in [0.05, 0.1) is 0 Å². The van der Waals surface area contributed by atoms with E-state index in [0.717, 1.165) is 12.1 Å². The van der Waals surface area contributed by atoms with E-state index < -0.39 is 27.4 Å². The summed E-state index contributed by atoms with van der Waals surface area (Å²) in [6, 6.07) is 2.34. The minimum atomic E-state index is -2.81. The molecule has 1 saturated heterocycles. The van der Waals surface area contributed by atoms with Crippen LogP contribution in [0.1, 0.15) is 20.8 Å². The second kappa shape index (κ2) is 4.82. The zero-order valence-corrected chi connectivity index (χ0v) is 11.3. The van der Waals surface area contributed by atoms with E-state index in [1.165, 1.54) is 0 Å². The van der Waals surface area contributed by atoms with Gasteiger partial charge in [0, 0.05) is 6.04 Å². The summed E-state index contributed by atoms with van der Waals surface area (Å²) in [5, 5.41) is 0. The maximum Gasteiger partial charge on any atom is 0.479 e. The lowest BCUT2D eigenvalue weighted by atomic mass is 11.0. The lowest BCUT2D eigenvalue weighted by molar-refractivity contribution is 0.179. The summed E-state index contributed by atoms with van der Waals surface area (Å²) in [5.74, 6) is 0. The first kappa shape index (κ1) is 11.6. The van der Waals surface area contributed by atoms with Gasteiger partial charge in [0.25, 0.3) is 0 Å². The molecule has 0 unspecified atom stereocenters. The fourth-order valence-corrected chi connectivity index (χ4v) is 9.93. The van der Waals surface area contributed by atoms with Gasteiger partial charge in [-0.1, -0.05) is 20.8 Å². The Morgan fingerprint density at radius 3 is 1.85 bits per heavy atom. The fourth-order valence-electron chi connectivity index (χ4n) is 0.978. The molecule has 1 fully saturated rings. The molecular weight excluding hydrogens is 220 g/mol. The van der Waals surface area contributed by atoms with Gasteiger partial charge in [-0.2, -0.15) is 0 Å². The predicted octanol–water partition coefficient (Wildman–Crippen LogP) is 1.02. The third-order valence-corrected chi connectivity index (χ3v) is 10.0. The van der Waals surface area contributed by atoms with Crippen molar-refractivity contribution in [2.24, 2.45) is 0 Å². The summed E-state index contributed by atoms with van der Waals surface area (Å²) >= 11 is 0. The second-order valence-corrected chi connectivity index (χ2v) is 10.3. The van der Waals surface area contributed by atoms with Crippen LogP contribution in [-0.4, -0.2) is 32.2 Å². The molecule has 7 heteroatoms. The molecule has 0 amide bonds. The van der Waals surface area contributed by atoms with Crippen molar-refractivity contribution in [2.45, 2.75) is 38.9 Å². The molecule has 1 rings (SSSR count). The molecular formula is C6H16O4Si3. The molecule has 2 radical (unpaired) electrons. The van der Waals surface area contributed by atoms with E-state index in [1.54, 1.807) is 0 Å². The van der Waals surface area contributed by atoms with Gasteiger partial charge in [0.15, 0.2) is 0 Å². The van der Waals surface area contributed by atoms with Gasteiger partial charge in [-0.15, -0.1) is 0 Å². The summed E-state index contributed by atoms with van der Waals surface area (Å²) in [6.45, 7) is 5.96. The summed E-state index contributed by atoms with van der Waals surface area (Å²) in [7, 11) is -5.28. The Morgan fingerprint density at radius 2 is 1.54 bits per heavy atom. The van der Waals surface area contributed by atoms with E-state index in [1.807, 2.05) is 20.8 Å². The van der Waals surface area contributed by atoms with E-state index >= 15 is 0 Å². The summed E-state index contributed by atoms with van der Waals surface area (Å²) in [5.41, 5.74) is 0. The largest absolute Gasteiger partial charge is 0.479 e. The second-order valence-electron chi connectivity index (χ2n) is 2.82. The smallest absolute Gasteiger partial charge is 0.414 e. The molecule has 1 heterocycles. The van der Waals surface area contributed by atoms with Crippen LogP contribution in [-0.2, 0) is 12.3 Å². The summed E-state index contributed by atoms with van der Waals surface area (Å²) in [4.78, 5) is 9.95. The molecule has 0 atom stereocenters. The van der Waals surface area contributed by atoms with Crippen LogP contribution >= 0.6 is 0 Å². The van der Waals surface area contributed by atoms with E-state index in [4.69, 9.17) is 12.3 Å². The van der Waals surface area contributed by atoms with Gasteiger partial charge >= 0.3 is 27.4 Å². The molecule has 0 bridgehead atoms. The van der Waals surface area contributed by atoms with Crippen molar-refractivity contribution in [3.8, 4) is 0 Å². The van der Waals surface area contributed by atoms with Gasteiger partial charge in [-0.25, -0.2) is 0 Å². The maximum atomic E-state index is 9.95. The van der Waals surface area contributed by atoms with E-state index in [9.17, 15) is 4.80 Å². The maximum absolute atomic E-state index is 9.95. The predicted molar refractivity (Wildman–Crippen MR) is 54.2 cm³/mol. The minimum absolute atomic E-state index is 0.596. The van der Waals surface area contributed by atoms with Crippen molar-refractivity contribution in [2.75, 3.05) is 0 Å². The highest BCUT2D eigenvalue weighted by Gasteiger charge is 2.46. The van der Waals surface area contributed by atoms with Crippen molar-refractivity contribution < 1.29 is 17.1 Å². The van der Waals surface area contributed by atoms with Crippen LogP contribution in [0.4, 0.5) is 0 Å². The molecule has 1 aliphatic rings. The van der Waals surface area contributed by atoms with Crippen LogP contribution in [0, 0.1) is 0 Å². The molecule has 1 aliphatic heterocycles. The van der Waals surface area contributed by atoms with Gasteiger partial charge in [0.1, 0.15) is 0 Å².